The number of carbonyl (C=O) groups excluding carboxylic acids is 1. The third-order valence-electron chi connectivity index (χ3n) is 6.00. The van der Waals surface area contributed by atoms with Crippen molar-refractivity contribution in [2.45, 2.75) is 45.3 Å². The van der Waals surface area contributed by atoms with Crippen LogP contribution < -0.4 is 5.32 Å². The summed E-state index contributed by atoms with van der Waals surface area (Å²) in [4.78, 5) is 21.2. The molecule has 4 heterocycles. The van der Waals surface area contributed by atoms with E-state index in [1.165, 1.54) is 30.5 Å². The minimum atomic E-state index is -0.0446. The third kappa shape index (κ3) is 5.57. The Morgan fingerprint density at radius 3 is 2.82 bits per heavy atom. The molecule has 0 radical (unpaired) electrons. The zero-order valence-electron chi connectivity index (χ0n) is 19.0. The molecule has 34 heavy (non-hydrogen) atoms. The van der Waals surface area contributed by atoms with Crippen LogP contribution in [-0.2, 0) is 26.1 Å². The molecule has 5 rings (SSSR count). The van der Waals surface area contributed by atoms with E-state index < -0.39 is 0 Å². The second-order valence-electron chi connectivity index (χ2n) is 8.48. The first-order chi connectivity index (χ1) is 16.7. The molecule has 0 aliphatic carbocycles. The first kappa shape index (κ1) is 22.4. The van der Waals surface area contributed by atoms with Crippen LogP contribution in [0.3, 0.4) is 0 Å². The Labute approximate surface area is 202 Å². The molecular weight excluding hydrogens is 448 g/mol. The van der Waals surface area contributed by atoms with Crippen LogP contribution in [0.25, 0.3) is 5.69 Å². The lowest BCUT2D eigenvalue weighted by Gasteiger charge is -2.25. The van der Waals surface area contributed by atoms with Crippen molar-refractivity contribution in [3.8, 4) is 5.69 Å². The van der Waals surface area contributed by atoms with Gasteiger partial charge in [0, 0.05) is 30.9 Å². The van der Waals surface area contributed by atoms with E-state index in [0.717, 1.165) is 41.5 Å². The van der Waals surface area contributed by atoms with Gasteiger partial charge in [-0.25, -0.2) is 9.67 Å². The van der Waals surface area contributed by atoms with E-state index in [-0.39, 0.29) is 5.91 Å². The number of hydrogen-bond acceptors (Lipinski definition) is 7. The van der Waals surface area contributed by atoms with E-state index in [1.807, 2.05) is 36.5 Å². The Bertz CT molecular complexity index is 1210. The zero-order valence-corrected chi connectivity index (χ0v) is 19.8. The molecule has 0 unspecified atom stereocenters. The average Bonchev–Trinajstić information content (AvgIpc) is 3.64. The second kappa shape index (κ2) is 10.7. The molecule has 176 valence electrons. The van der Waals surface area contributed by atoms with E-state index in [0.29, 0.717) is 19.5 Å². The molecule has 9 nitrogen and oxygen atoms in total. The molecule has 1 amide bonds. The maximum Gasteiger partial charge on any atom is 0.261 e. The summed E-state index contributed by atoms with van der Waals surface area (Å²) in [5.41, 5.74) is 2.75. The van der Waals surface area contributed by atoms with Crippen molar-refractivity contribution in [2.24, 2.45) is 0 Å². The number of rotatable bonds is 9. The van der Waals surface area contributed by atoms with Crippen molar-refractivity contribution in [1.29, 1.82) is 0 Å². The van der Waals surface area contributed by atoms with E-state index in [4.69, 9.17) is 0 Å². The normalized spacial score (nSPS) is 14.4. The zero-order chi connectivity index (χ0) is 23.2. The van der Waals surface area contributed by atoms with Crippen LogP contribution in [0.1, 0.15) is 45.1 Å². The largest absolute Gasteiger partial charge is 0.347 e. The number of thiophene rings is 1. The number of carbonyl (C=O) groups is 1. The molecule has 1 fully saturated rings. The van der Waals surface area contributed by atoms with Gasteiger partial charge in [-0.1, -0.05) is 29.8 Å². The predicted octanol–water partition coefficient (Wildman–Crippen LogP) is 3.08. The number of hydrogen-bond donors (Lipinski definition) is 1. The molecule has 3 aromatic heterocycles. The molecule has 4 aromatic rings. The highest BCUT2D eigenvalue weighted by molar-refractivity contribution is 7.14. The van der Waals surface area contributed by atoms with Gasteiger partial charge in [0.05, 0.1) is 22.5 Å². The van der Waals surface area contributed by atoms with Crippen LogP contribution in [-0.4, -0.2) is 53.7 Å². The van der Waals surface area contributed by atoms with Gasteiger partial charge in [0.1, 0.15) is 12.7 Å². The Morgan fingerprint density at radius 1 is 1.09 bits per heavy atom. The Balaban J connectivity index is 1.19. The summed E-state index contributed by atoms with van der Waals surface area (Å²) in [6.07, 6.45) is 9.71. The van der Waals surface area contributed by atoms with Crippen molar-refractivity contribution in [1.82, 2.24) is 40.0 Å². The average molecular weight is 477 g/mol. The maximum atomic E-state index is 12.8. The van der Waals surface area contributed by atoms with Gasteiger partial charge in [0.2, 0.25) is 0 Å². The lowest BCUT2D eigenvalue weighted by Crippen LogP contribution is -2.28. The van der Waals surface area contributed by atoms with Crippen LogP contribution in [0.4, 0.5) is 0 Å². The monoisotopic (exact) mass is 476 g/mol. The maximum absolute atomic E-state index is 12.8. The van der Waals surface area contributed by atoms with Gasteiger partial charge in [-0.15, -0.1) is 16.4 Å². The van der Waals surface area contributed by atoms with Crippen molar-refractivity contribution in [2.75, 3.05) is 13.1 Å². The Kier molecular flexibility index (Phi) is 7.06. The van der Waals surface area contributed by atoms with Gasteiger partial charge in [-0.05, 0) is 49.7 Å². The lowest BCUT2D eigenvalue weighted by atomic mass is 10.1. The number of aromatic nitrogens is 6. The molecule has 10 heteroatoms. The number of likely N-dealkylation sites (tertiary alicyclic amines) is 1. The third-order valence-corrected chi connectivity index (χ3v) is 7.06. The first-order valence-corrected chi connectivity index (χ1v) is 12.5. The number of benzene rings is 1. The summed E-state index contributed by atoms with van der Waals surface area (Å²) < 4.78 is 3.53. The summed E-state index contributed by atoms with van der Waals surface area (Å²) in [6.45, 7) is 4.35. The summed E-state index contributed by atoms with van der Waals surface area (Å²) in [5.74, 6) is -0.0446. The quantitative estimate of drug-likeness (QED) is 0.399. The number of aryl methyl sites for hydroxylation is 2. The highest BCUT2D eigenvalue weighted by atomic mass is 32.1. The fourth-order valence-electron chi connectivity index (χ4n) is 4.18. The fraction of sp³-hybridized carbons (Fsp3) is 0.375. The number of piperidine rings is 1. The van der Waals surface area contributed by atoms with Gasteiger partial charge >= 0.3 is 0 Å². The number of para-hydroxylation sites is 1. The molecule has 1 aromatic carbocycles. The fourth-order valence-corrected chi connectivity index (χ4v) is 5.14. The topological polar surface area (TPSA) is 93.8 Å². The van der Waals surface area contributed by atoms with Gasteiger partial charge < -0.3 is 5.32 Å². The van der Waals surface area contributed by atoms with E-state index in [9.17, 15) is 4.79 Å². The predicted molar refractivity (Wildman–Crippen MR) is 130 cm³/mol. The minimum absolute atomic E-state index is 0.0446. The first-order valence-electron chi connectivity index (χ1n) is 11.7. The molecule has 0 saturated carbocycles. The van der Waals surface area contributed by atoms with Gasteiger partial charge in [-0.3, -0.25) is 14.4 Å². The highest BCUT2D eigenvalue weighted by Crippen LogP contribution is 2.21. The summed E-state index contributed by atoms with van der Waals surface area (Å²) >= 11 is 1.59. The molecule has 0 spiro atoms. The summed E-state index contributed by atoms with van der Waals surface area (Å²) in [5, 5.41) is 15.8. The SMILES string of the molecule is O=C(NCc1ccccc1-n1cc(CCn2cncn2)nn1)c1ccc(CN2CCCCC2)s1. The number of nitrogens with one attached hydrogen (secondary N) is 1. The number of nitrogens with zero attached hydrogens (tertiary/aromatic N) is 7. The van der Waals surface area contributed by atoms with E-state index >= 15 is 0 Å². The van der Waals surface area contributed by atoms with Gasteiger partial charge in [0.25, 0.3) is 5.91 Å². The summed E-state index contributed by atoms with van der Waals surface area (Å²) in [7, 11) is 0. The van der Waals surface area contributed by atoms with Crippen LogP contribution in [0.15, 0.2) is 55.2 Å². The van der Waals surface area contributed by atoms with Crippen molar-refractivity contribution in [3.63, 3.8) is 0 Å². The Morgan fingerprint density at radius 2 is 1.97 bits per heavy atom. The summed E-state index contributed by atoms with van der Waals surface area (Å²) in [6, 6.07) is 11.9. The Hall–Kier alpha value is -3.37. The molecule has 1 N–H and O–H groups in total. The minimum Gasteiger partial charge on any atom is -0.347 e. The van der Waals surface area contributed by atoms with Gasteiger partial charge in [0.15, 0.2) is 0 Å². The molecule has 1 aliphatic heterocycles. The molecule has 0 atom stereocenters. The standard InChI is InChI=1S/C24H28N8OS/c33-24(23-9-8-21(34-23)16-30-11-4-1-5-12-30)26-14-19-6-2-3-7-22(19)32-15-20(28-29-32)10-13-31-18-25-17-27-31/h2-3,6-9,15,17-18H,1,4-5,10-14,16H2,(H,26,33). The van der Waals surface area contributed by atoms with Crippen LogP contribution in [0.2, 0.25) is 0 Å². The van der Waals surface area contributed by atoms with Crippen LogP contribution >= 0.6 is 11.3 Å². The molecule has 0 bridgehead atoms. The number of amides is 1. The smallest absolute Gasteiger partial charge is 0.261 e. The van der Waals surface area contributed by atoms with Crippen molar-refractivity contribution in [3.05, 3.63) is 76.3 Å². The highest BCUT2D eigenvalue weighted by Gasteiger charge is 2.15. The molecule has 1 aliphatic rings. The van der Waals surface area contributed by atoms with Crippen LogP contribution in [0, 0.1) is 0 Å². The van der Waals surface area contributed by atoms with E-state index in [2.05, 4.69) is 36.7 Å². The van der Waals surface area contributed by atoms with Crippen molar-refractivity contribution >= 4 is 17.2 Å². The van der Waals surface area contributed by atoms with Crippen molar-refractivity contribution < 1.29 is 4.79 Å². The lowest BCUT2D eigenvalue weighted by molar-refractivity contribution is 0.0955. The van der Waals surface area contributed by atoms with Crippen LogP contribution in [0.5, 0.6) is 0 Å². The van der Waals surface area contributed by atoms with E-state index in [1.54, 1.807) is 27.0 Å². The van der Waals surface area contributed by atoms with Gasteiger partial charge in [-0.2, -0.15) is 5.10 Å². The molecule has 1 saturated heterocycles. The second-order valence-corrected chi connectivity index (χ2v) is 9.65. The molecular formula is C24H28N8OS.